The number of H-pyrrole nitrogens is 1. The van der Waals surface area contributed by atoms with Crippen LogP contribution >= 0.6 is 0 Å². The van der Waals surface area contributed by atoms with Crippen LogP contribution < -0.4 is 5.69 Å². The van der Waals surface area contributed by atoms with Crippen LogP contribution in [0, 0.1) is 0 Å². The number of aliphatic hydroxyl groups excluding tert-OH is 1. The van der Waals surface area contributed by atoms with E-state index < -0.39 is 18.4 Å². The van der Waals surface area contributed by atoms with Gasteiger partial charge >= 0.3 is 11.9 Å². The van der Waals surface area contributed by atoms with E-state index in [2.05, 4.69) is 4.98 Å². The summed E-state index contributed by atoms with van der Waals surface area (Å²) in [5, 5.41) is 8.91. The fourth-order valence-corrected chi connectivity index (χ4v) is 1.63. The minimum absolute atomic E-state index is 0.138. The number of nitrogens with one attached hydrogen (secondary N) is 1. The second-order valence-corrected chi connectivity index (χ2v) is 3.64. The molecule has 0 bridgehead atoms. The number of rotatable bonds is 2. The Morgan fingerprint density at radius 1 is 1.35 bits per heavy atom. The van der Waals surface area contributed by atoms with Gasteiger partial charge < -0.3 is 10.1 Å². The van der Waals surface area contributed by atoms with Gasteiger partial charge in [0.1, 0.15) is 6.54 Å². The average molecular weight is 246 g/mol. The predicted molar refractivity (Wildman–Crippen MR) is 54.5 cm³/mol. The zero-order valence-electron chi connectivity index (χ0n) is 8.58. The number of hydrogen-bond acceptors (Lipinski definition) is 2. The zero-order valence-corrected chi connectivity index (χ0v) is 8.58. The van der Waals surface area contributed by atoms with Gasteiger partial charge in [0.05, 0.1) is 17.6 Å². The summed E-state index contributed by atoms with van der Waals surface area (Å²) in [7, 11) is 0. The summed E-state index contributed by atoms with van der Waals surface area (Å²) in [6, 6.07) is 4.37. The molecule has 0 unspecified atom stereocenters. The van der Waals surface area contributed by atoms with Crippen molar-refractivity contribution >= 4 is 11.0 Å². The first-order valence-corrected chi connectivity index (χ1v) is 4.80. The Hall–Kier alpha value is -1.76. The summed E-state index contributed by atoms with van der Waals surface area (Å²) in [5.74, 6) is 0. The lowest BCUT2D eigenvalue weighted by molar-refractivity contribution is -0.140. The summed E-state index contributed by atoms with van der Waals surface area (Å²) in [5.41, 5.74) is 0.0927. The van der Waals surface area contributed by atoms with E-state index in [1.807, 2.05) is 0 Å². The molecule has 0 amide bonds. The summed E-state index contributed by atoms with van der Waals surface area (Å²) in [6.07, 6.45) is -4.46. The molecular formula is C10H9F3N2O2. The maximum Gasteiger partial charge on any atom is 0.406 e. The molecule has 7 heteroatoms. The van der Waals surface area contributed by atoms with E-state index >= 15 is 0 Å². The van der Waals surface area contributed by atoms with Gasteiger partial charge in [-0.15, -0.1) is 0 Å². The molecule has 4 nitrogen and oxygen atoms in total. The minimum Gasteiger partial charge on any atom is -0.392 e. The van der Waals surface area contributed by atoms with Gasteiger partial charge in [0.25, 0.3) is 0 Å². The molecule has 0 radical (unpaired) electrons. The monoisotopic (exact) mass is 246 g/mol. The van der Waals surface area contributed by atoms with Gasteiger partial charge in [-0.1, -0.05) is 6.07 Å². The Kier molecular flexibility index (Phi) is 2.70. The first-order valence-electron chi connectivity index (χ1n) is 4.80. The molecule has 0 atom stereocenters. The van der Waals surface area contributed by atoms with Crippen LogP contribution in [0.15, 0.2) is 23.0 Å². The summed E-state index contributed by atoms with van der Waals surface area (Å²) >= 11 is 0. The molecule has 0 aliphatic rings. The van der Waals surface area contributed by atoms with Crippen LogP contribution in [0.1, 0.15) is 5.56 Å². The highest BCUT2D eigenvalue weighted by Crippen LogP contribution is 2.20. The van der Waals surface area contributed by atoms with E-state index in [0.717, 1.165) is 0 Å². The van der Waals surface area contributed by atoms with Crippen molar-refractivity contribution in [1.82, 2.24) is 9.55 Å². The van der Waals surface area contributed by atoms with Crippen molar-refractivity contribution in [2.45, 2.75) is 19.3 Å². The van der Waals surface area contributed by atoms with Gasteiger partial charge in [-0.25, -0.2) is 4.79 Å². The van der Waals surface area contributed by atoms with E-state index in [-0.39, 0.29) is 12.1 Å². The molecule has 2 aromatic rings. The van der Waals surface area contributed by atoms with Crippen LogP contribution in [0.4, 0.5) is 13.2 Å². The van der Waals surface area contributed by atoms with Gasteiger partial charge in [0.15, 0.2) is 0 Å². The molecule has 2 rings (SSSR count). The van der Waals surface area contributed by atoms with Gasteiger partial charge in [0.2, 0.25) is 0 Å². The summed E-state index contributed by atoms with van der Waals surface area (Å²) in [4.78, 5) is 13.7. The van der Waals surface area contributed by atoms with Gasteiger partial charge in [0, 0.05) is 0 Å². The third-order valence-corrected chi connectivity index (χ3v) is 2.36. The number of imidazole rings is 1. The Labute approximate surface area is 93.3 Å². The van der Waals surface area contributed by atoms with Gasteiger partial charge in [-0.3, -0.25) is 4.57 Å². The standard InChI is InChI=1S/C10H9F3N2O2/c11-10(12,13)5-15-8-3-6(4-16)1-2-7(8)14-9(15)17/h1-3,16H,4-5H2,(H,14,17). The number of halogens is 3. The molecule has 0 fully saturated rings. The highest BCUT2D eigenvalue weighted by Gasteiger charge is 2.29. The van der Waals surface area contributed by atoms with E-state index in [0.29, 0.717) is 15.6 Å². The lowest BCUT2D eigenvalue weighted by Gasteiger charge is -2.07. The Bertz CT molecular complexity index is 598. The molecule has 0 saturated heterocycles. The summed E-state index contributed by atoms with van der Waals surface area (Å²) in [6.45, 7) is -1.64. The molecule has 17 heavy (non-hydrogen) atoms. The normalized spacial score (nSPS) is 12.2. The molecule has 0 saturated carbocycles. The summed E-state index contributed by atoms with van der Waals surface area (Å²) < 4.78 is 37.5. The fraction of sp³-hybridized carbons (Fsp3) is 0.300. The van der Waals surface area contributed by atoms with Crippen LogP contribution in [-0.2, 0) is 13.2 Å². The largest absolute Gasteiger partial charge is 0.406 e. The van der Waals surface area contributed by atoms with Crippen LogP contribution in [0.25, 0.3) is 11.0 Å². The van der Waals surface area contributed by atoms with Crippen molar-refractivity contribution in [3.05, 3.63) is 34.2 Å². The first-order chi connectivity index (χ1) is 7.90. The lowest BCUT2D eigenvalue weighted by atomic mass is 10.2. The van der Waals surface area contributed by atoms with Crippen molar-refractivity contribution in [3.63, 3.8) is 0 Å². The number of aliphatic hydroxyl groups is 1. The van der Waals surface area contributed by atoms with E-state index in [1.54, 1.807) is 0 Å². The second kappa shape index (κ2) is 3.92. The molecule has 0 aliphatic carbocycles. The first kappa shape index (κ1) is 11.7. The number of benzene rings is 1. The zero-order chi connectivity index (χ0) is 12.6. The minimum atomic E-state index is -4.46. The van der Waals surface area contributed by atoms with E-state index in [4.69, 9.17) is 5.11 Å². The van der Waals surface area contributed by atoms with Gasteiger partial charge in [-0.2, -0.15) is 13.2 Å². The molecule has 1 aromatic carbocycles. The van der Waals surface area contributed by atoms with Crippen LogP contribution in [0.2, 0.25) is 0 Å². The number of fused-ring (bicyclic) bond motifs is 1. The average Bonchev–Trinajstić information content (AvgIpc) is 2.53. The Morgan fingerprint density at radius 3 is 2.65 bits per heavy atom. The smallest absolute Gasteiger partial charge is 0.392 e. The molecule has 1 heterocycles. The molecule has 0 spiro atoms. The highest BCUT2D eigenvalue weighted by atomic mass is 19.4. The molecule has 1 aromatic heterocycles. The highest BCUT2D eigenvalue weighted by molar-refractivity contribution is 5.76. The van der Waals surface area contributed by atoms with Crippen LogP contribution in [0.5, 0.6) is 0 Å². The number of nitrogens with zero attached hydrogens (tertiary/aromatic N) is 1. The predicted octanol–water partition coefficient (Wildman–Crippen LogP) is 1.38. The molecular weight excluding hydrogens is 237 g/mol. The third kappa shape index (κ3) is 2.33. The second-order valence-electron chi connectivity index (χ2n) is 3.64. The topological polar surface area (TPSA) is 58.0 Å². The Morgan fingerprint density at radius 2 is 2.06 bits per heavy atom. The molecule has 92 valence electrons. The number of alkyl halides is 3. The van der Waals surface area contributed by atoms with E-state index in [9.17, 15) is 18.0 Å². The number of hydrogen-bond donors (Lipinski definition) is 2. The number of aromatic amines is 1. The van der Waals surface area contributed by atoms with Gasteiger partial charge in [-0.05, 0) is 17.7 Å². The maximum absolute atomic E-state index is 12.3. The lowest BCUT2D eigenvalue weighted by Crippen LogP contribution is -2.26. The SMILES string of the molecule is O=c1[nH]c2ccc(CO)cc2n1CC(F)(F)F. The third-order valence-electron chi connectivity index (χ3n) is 2.36. The fourth-order valence-electron chi connectivity index (χ4n) is 1.63. The van der Waals surface area contributed by atoms with E-state index in [1.165, 1.54) is 18.2 Å². The molecule has 0 aliphatic heterocycles. The van der Waals surface area contributed by atoms with Crippen molar-refractivity contribution in [1.29, 1.82) is 0 Å². The van der Waals surface area contributed by atoms with Crippen LogP contribution in [-0.4, -0.2) is 20.8 Å². The molecule has 2 N–H and O–H groups in total. The van der Waals surface area contributed by atoms with Crippen LogP contribution in [0.3, 0.4) is 0 Å². The number of aromatic nitrogens is 2. The maximum atomic E-state index is 12.3. The quantitative estimate of drug-likeness (QED) is 0.841. The Balaban J connectivity index is 2.60. The van der Waals surface area contributed by atoms with Crippen molar-refractivity contribution in [2.24, 2.45) is 0 Å². The van der Waals surface area contributed by atoms with Crippen molar-refractivity contribution in [3.8, 4) is 0 Å². The van der Waals surface area contributed by atoms with Crippen molar-refractivity contribution < 1.29 is 18.3 Å². The van der Waals surface area contributed by atoms with Crippen molar-refractivity contribution in [2.75, 3.05) is 0 Å².